The Morgan fingerprint density at radius 1 is 1.03 bits per heavy atom. The van der Waals surface area contributed by atoms with Crippen LogP contribution in [0, 0.1) is 0 Å². The van der Waals surface area contributed by atoms with Gasteiger partial charge in [0.2, 0.25) is 0 Å². The van der Waals surface area contributed by atoms with Crippen LogP contribution < -0.4 is 9.47 Å². The maximum atomic E-state index is 6.95. The number of methoxy groups -OCH3 is 2. The number of likely N-dealkylation sites (tertiary alicyclic amines) is 1. The summed E-state index contributed by atoms with van der Waals surface area (Å²) >= 11 is 6.95. The van der Waals surface area contributed by atoms with E-state index in [9.17, 15) is 0 Å². The highest BCUT2D eigenvalue weighted by Crippen LogP contribution is 2.40. The van der Waals surface area contributed by atoms with E-state index in [1.807, 2.05) is 6.07 Å². The normalized spacial score (nSPS) is 20.7. The molecule has 2 atom stereocenters. The molecule has 2 aliphatic rings. The lowest BCUT2D eigenvalue weighted by Gasteiger charge is -2.41. The zero-order chi connectivity index (χ0) is 26.6. The predicted molar refractivity (Wildman–Crippen MR) is 149 cm³/mol. The van der Waals surface area contributed by atoms with Gasteiger partial charge in [0.15, 0.2) is 22.9 Å². The number of nitrogens with zero attached hydrogens (tertiary/aromatic N) is 3. The van der Waals surface area contributed by atoms with E-state index in [1.54, 1.807) is 14.2 Å². The first-order valence-corrected chi connectivity index (χ1v) is 14.0. The van der Waals surface area contributed by atoms with Crippen molar-refractivity contribution < 1.29 is 18.9 Å². The first-order valence-electron chi connectivity index (χ1n) is 13.6. The number of aryl methyl sites for hydroxylation is 1. The third-order valence-electron chi connectivity index (χ3n) is 7.88. The van der Waals surface area contributed by atoms with Crippen molar-refractivity contribution in [1.82, 2.24) is 14.5 Å². The molecule has 2 aromatic carbocycles. The number of halogens is 1. The first-order chi connectivity index (χ1) is 18.5. The smallest absolute Gasteiger partial charge is 0.175 e. The summed E-state index contributed by atoms with van der Waals surface area (Å²) in [5.74, 6) is 2.36. The minimum Gasteiger partial charge on any atom is -0.493 e. The van der Waals surface area contributed by atoms with Crippen molar-refractivity contribution >= 4 is 11.6 Å². The molecule has 2 fully saturated rings. The van der Waals surface area contributed by atoms with Crippen molar-refractivity contribution in [1.29, 1.82) is 0 Å². The third-order valence-corrected chi connectivity index (χ3v) is 8.18. The second kappa shape index (κ2) is 12.1. The highest BCUT2D eigenvalue weighted by molar-refractivity contribution is 6.30. The Bertz CT molecular complexity index is 1240. The minimum absolute atomic E-state index is 0.225. The highest BCUT2D eigenvalue weighted by Gasteiger charge is 2.33. The molecule has 8 heteroatoms. The zero-order valence-corrected chi connectivity index (χ0v) is 23.5. The van der Waals surface area contributed by atoms with Gasteiger partial charge < -0.3 is 23.5 Å². The first kappa shape index (κ1) is 27.0. The molecule has 3 heterocycles. The highest BCUT2D eigenvalue weighted by atomic mass is 35.5. The summed E-state index contributed by atoms with van der Waals surface area (Å²) in [6.45, 7) is 6.90. The zero-order valence-electron chi connectivity index (χ0n) is 22.8. The van der Waals surface area contributed by atoms with Gasteiger partial charge in [-0.15, -0.1) is 0 Å². The fourth-order valence-corrected chi connectivity index (χ4v) is 6.06. The molecule has 0 saturated carbocycles. The Morgan fingerprint density at radius 2 is 1.79 bits per heavy atom. The topological polar surface area (TPSA) is 58.0 Å². The molecular weight excluding hydrogens is 502 g/mol. The molecule has 0 bridgehead atoms. The molecule has 7 nitrogen and oxygen atoms in total. The molecule has 2 saturated heterocycles. The van der Waals surface area contributed by atoms with Crippen molar-refractivity contribution in [2.75, 3.05) is 27.4 Å². The van der Waals surface area contributed by atoms with Gasteiger partial charge in [-0.1, -0.05) is 55.3 Å². The van der Waals surface area contributed by atoms with E-state index in [0.717, 1.165) is 47.8 Å². The van der Waals surface area contributed by atoms with E-state index >= 15 is 0 Å². The van der Waals surface area contributed by atoms with Gasteiger partial charge in [0.25, 0.3) is 0 Å². The summed E-state index contributed by atoms with van der Waals surface area (Å²) in [7, 11) is 3.35. The molecule has 3 aromatic rings. The van der Waals surface area contributed by atoms with Gasteiger partial charge in [-0.05, 0) is 49.4 Å². The quantitative estimate of drug-likeness (QED) is 0.319. The van der Waals surface area contributed by atoms with Crippen LogP contribution in [0.4, 0.5) is 0 Å². The van der Waals surface area contributed by atoms with E-state index in [1.165, 1.54) is 17.5 Å². The molecule has 38 heavy (non-hydrogen) atoms. The van der Waals surface area contributed by atoms with E-state index in [0.29, 0.717) is 37.5 Å². The molecule has 0 spiro atoms. The number of benzene rings is 2. The van der Waals surface area contributed by atoms with Gasteiger partial charge >= 0.3 is 0 Å². The lowest BCUT2D eigenvalue weighted by Crippen LogP contribution is -2.40. The van der Waals surface area contributed by atoms with Gasteiger partial charge in [0.05, 0.1) is 39.7 Å². The Balaban J connectivity index is 1.54. The number of hydrogen-bond donors (Lipinski definition) is 0. The van der Waals surface area contributed by atoms with E-state index in [2.05, 4.69) is 59.7 Å². The summed E-state index contributed by atoms with van der Waals surface area (Å²) in [5.41, 5.74) is 4.55. The second-order valence-corrected chi connectivity index (χ2v) is 10.4. The molecule has 5 rings (SSSR count). The standard InChI is InChI=1S/C30H38ClN3O4/c1-5-21-10-6-7-11-23(21)30-32-29(31)25(34(30)19-28-37-15-16-38-28)18-33-20(2)9-8-12-24(33)22-13-14-26(35-3)27(17-22)36-4/h6-7,10-11,13-14,17,20,24,28H,5,8-9,12,15-16,18-19H2,1-4H3. The van der Waals surface area contributed by atoms with Crippen LogP contribution in [0.15, 0.2) is 42.5 Å². The van der Waals surface area contributed by atoms with Gasteiger partial charge in [-0.3, -0.25) is 4.90 Å². The lowest BCUT2D eigenvalue weighted by atomic mass is 9.91. The summed E-state index contributed by atoms with van der Waals surface area (Å²) in [5, 5.41) is 0.535. The molecule has 1 aromatic heterocycles. The van der Waals surface area contributed by atoms with Crippen LogP contribution >= 0.6 is 11.6 Å². The summed E-state index contributed by atoms with van der Waals surface area (Å²) in [6, 6.07) is 15.3. The van der Waals surface area contributed by atoms with E-state index in [-0.39, 0.29) is 12.3 Å². The minimum atomic E-state index is -0.313. The summed E-state index contributed by atoms with van der Waals surface area (Å²) < 4.78 is 25.1. The Hall–Kier alpha value is -2.58. The number of hydrogen-bond acceptors (Lipinski definition) is 6. The maximum absolute atomic E-state index is 6.95. The van der Waals surface area contributed by atoms with Crippen LogP contribution in [-0.2, 0) is 29.0 Å². The van der Waals surface area contributed by atoms with Gasteiger partial charge in [-0.2, -0.15) is 0 Å². The Morgan fingerprint density at radius 3 is 2.53 bits per heavy atom. The molecule has 0 radical (unpaired) electrons. The van der Waals surface area contributed by atoms with Crippen molar-refractivity contribution in [3.05, 3.63) is 64.4 Å². The fourth-order valence-electron chi connectivity index (χ4n) is 5.82. The van der Waals surface area contributed by atoms with Crippen LogP contribution in [0.3, 0.4) is 0 Å². The number of ether oxygens (including phenoxy) is 4. The van der Waals surface area contributed by atoms with Gasteiger partial charge in [0.1, 0.15) is 5.82 Å². The molecule has 0 amide bonds. The molecule has 2 aliphatic heterocycles. The number of rotatable bonds is 9. The van der Waals surface area contributed by atoms with Crippen molar-refractivity contribution in [2.45, 2.75) is 71.0 Å². The summed E-state index contributed by atoms with van der Waals surface area (Å²) in [6.07, 6.45) is 3.97. The Kier molecular flexibility index (Phi) is 8.58. The molecule has 0 N–H and O–H groups in total. The van der Waals surface area contributed by atoms with Crippen LogP contribution in [0.2, 0.25) is 5.15 Å². The van der Waals surface area contributed by atoms with Gasteiger partial charge in [-0.25, -0.2) is 4.98 Å². The predicted octanol–water partition coefficient (Wildman–Crippen LogP) is 6.27. The molecule has 0 aliphatic carbocycles. The van der Waals surface area contributed by atoms with Crippen LogP contribution in [0.5, 0.6) is 11.5 Å². The van der Waals surface area contributed by atoms with Crippen LogP contribution in [0.25, 0.3) is 11.4 Å². The van der Waals surface area contributed by atoms with Crippen molar-refractivity contribution in [3.63, 3.8) is 0 Å². The van der Waals surface area contributed by atoms with E-state index in [4.69, 9.17) is 35.5 Å². The van der Waals surface area contributed by atoms with E-state index < -0.39 is 0 Å². The third kappa shape index (κ3) is 5.43. The van der Waals surface area contributed by atoms with Crippen LogP contribution in [0.1, 0.15) is 56.0 Å². The number of imidazole rings is 1. The number of piperidine rings is 1. The average molecular weight is 540 g/mol. The monoisotopic (exact) mass is 539 g/mol. The second-order valence-electron chi connectivity index (χ2n) is 10.0. The number of aromatic nitrogens is 2. The fraction of sp³-hybridized carbons (Fsp3) is 0.500. The van der Waals surface area contributed by atoms with Gasteiger partial charge in [0, 0.05) is 24.2 Å². The van der Waals surface area contributed by atoms with Crippen LogP contribution in [-0.4, -0.2) is 54.2 Å². The summed E-state index contributed by atoms with van der Waals surface area (Å²) in [4.78, 5) is 7.48. The average Bonchev–Trinajstić information content (AvgIpc) is 3.57. The maximum Gasteiger partial charge on any atom is 0.175 e. The molecule has 204 valence electrons. The van der Waals surface area contributed by atoms with Crippen molar-refractivity contribution in [2.24, 2.45) is 0 Å². The van der Waals surface area contributed by atoms with Crippen molar-refractivity contribution in [3.8, 4) is 22.9 Å². The largest absolute Gasteiger partial charge is 0.493 e. The lowest BCUT2D eigenvalue weighted by molar-refractivity contribution is -0.0530. The molecular formula is C30H38ClN3O4. The SMILES string of the molecule is CCc1ccccc1-c1nc(Cl)c(CN2C(C)CCCC2c2ccc(OC)c(OC)c2)n1CC1OCCO1. The molecule has 2 unspecified atom stereocenters. The Labute approximate surface area is 230 Å².